The number of benzene rings is 2. The summed E-state index contributed by atoms with van der Waals surface area (Å²) in [5.41, 5.74) is 0.552. The third kappa shape index (κ3) is 2.74. The average molecular weight is 391 g/mol. The molecule has 0 saturated heterocycles. The number of hydrogen-bond acceptors (Lipinski definition) is 7. The van der Waals surface area contributed by atoms with Crippen LogP contribution in [0.1, 0.15) is 10.4 Å². The van der Waals surface area contributed by atoms with E-state index in [-0.39, 0.29) is 21.9 Å². The number of carboxylic acids is 1. The molecule has 0 radical (unpaired) electrons. The summed E-state index contributed by atoms with van der Waals surface area (Å²) in [6.07, 6.45) is 0. The van der Waals surface area contributed by atoms with E-state index < -0.39 is 20.9 Å². The van der Waals surface area contributed by atoms with Crippen molar-refractivity contribution in [2.75, 3.05) is 4.72 Å². The maximum absolute atomic E-state index is 12.5. The Labute approximate surface area is 149 Å². The number of fused-ring (bicyclic) bond motifs is 3. The van der Waals surface area contributed by atoms with Crippen LogP contribution in [0.2, 0.25) is 0 Å². The van der Waals surface area contributed by atoms with E-state index in [9.17, 15) is 18.0 Å². The summed E-state index contributed by atoms with van der Waals surface area (Å²) in [6, 6.07) is 9.58. The lowest BCUT2D eigenvalue weighted by Gasteiger charge is -2.08. The molecule has 2 N–H and O–H groups in total. The lowest BCUT2D eigenvalue weighted by atomic mass is 10.2. The molecule has 0 saturated carbocycles. The van der Waals surface area contributed by atoms with Gasteiger partial charge in [-0.25, -0.2) is 18.0 Å². The number of sulfonamides is 1. The van der Waals surface area contributed by atoms with Crippen LogP contribution in [0.5, 0.6) is 0 Å². The molecule has 132 valence electrons. The zero-order valence-electron chi connectivity index (χ0n) is 12.8. The lowest BCUT2D eigenvalue weighted by Crippen LogP contribution is -2.13. The Morgan fingerprint density at radius 1 is 1.12 bits per heavy atom. The van der Waals surface area contributed by atoms with Gasteiger partial charge in [-0.05, 0) is 47.7 Å². The van der Waals surface area contributed by atoms with Gasteiger partial charge in [0.15, 0.2) is 0 Å². The highest BCUT2D eigenvalue weighted by atomic mass is 32.2. The smallest absolute Gasteiger partial charge is 0.398 e. The molecule has 0 bridgehead atoms. The molecule has 0 atom stereocenters. The lowest BCUT2D eigenvalue weighted by molar-refractivity contribution is 0.0696. The van der Waals surface area contributed by atoms with Gasteiger partial charge in [0.1, 0.15) is 10.3 Å². The number of rotatable bonds is 4. The van der Waals surface area contributed by atoms with Gasteiger partial charge < -0.3 is 13.9 Å². The van der Waals surface area contributed by atoms with Crippen molar-refractivity contribution in [1.29, 1.82) is 0 Å². The molecule has 4 aromatic rings. The number of nitrogens with one attached hydrogen (secondary N) is 1. The fourth-order valence-electron chi connectivity index (χ4n) is 2.47. The molecule has 0 aliphatic heterocycles. The minimum Gasteiger partial charge on any atom is -0.478 e. The van der Waals surface area contributed by atoms with Gasteiger partial charge in [0, 0.05) is 11.1 Å². The fraction of sp³-hybridized carbons (Fsp3) is 0. The number of hydrogen-bond donors (Lipinski definition) is 2. The molecule has 0 amide bonds. The number of carbonyl (C=O) groups is 1. The quantitative estimate of drug-likeness (QED) is 0.547. The molecular weight excluding hydrogens is 382 g/mol. The minimum atomic E-state index is -3.99. The first-order chi connectivity index (χ1) is 12.3. The van der Waals surface area contributed by atoms with Crippen LogP contribution in [-0.4, -0.2) is 19.5 Å². The third-order valence-electron chi connectivity index (χ3n) is 3.62. The van der Waals surface area contributed by atoms with Crippen molar-refractivity contribution in [1.82, 2.24) is 0 Å². The average Bonchev–Trinajstić information content (AvgIpc) is 3.11. The molecule has 26 heavy (non-hydrogen) atoms. The predicted octanol–water partition coefficient (Wildman–Crippen LogP) is 3.10. The van der Waals surface area contributed by atoms with E-state index in [1.54, 1.807) is 6.07 Å². The summed E-state index contributed by atoms with van der Waals surface area (Å²) in [7, 11) is -3.99. The van der Waals surface area contributed by atoms with Gasteiger partial charge in [0.25, 0.3) is 10.0 Å². The Hall–Kier alpha value is -3.11. The first kappa shape index (κ1) is 16.4. The van der Waals surface area contributed by atoms with Crippen LogP contribution < -0.4 is 9.66 Å². The van der Waals surface area contributed by atoms with Crippen molar-refractivity contribution in [3.8, 4) is 0 Å². The fourth-order valence-corrected chi connectivity index (χ4v) is 4.29. The van der Waals surface area contributed by atoms with Crippen LogP contribution in [0.25, 0.3) is 21.4 Å². The molecular formula is C16H9NO7S2. The molecule has 8 nitrogen and oxygen atoms in total. The highest BCUT2D eigenvalue weighted by molar-refractivity contribution is 7.92. The molecule has 2 heterocycles. The first-order valence-corrected chi connectivity index (χ1v) is 9.46. The third-order valence-corrected chi connectivity index (χ3v) is 5.84. The van der Waals surface area contributed by atoms with Crippen LogP contribution in [0.4, 0.5) is 5.69 Å². The van der Waals surface area contributed by atoms with E-state index in [4.69, 9.17) is 13.9 Å². The molecule has 0 unspecified atom stereocenters. The zero-order chi connectivity index (χ0) is 18.5. The molecule has 2 aromatic heterocycles. The topological polar surface area (TPSA) is 127 Å². The van der Waals surface area contributed by atoms with Crippen LogP contribution >= 0.6 is 11.3 Å². The van der Waals surface area contributed by atoms with Gasteiger partial charge >= 0.3 is 16.7 Å². The molecule has 2 aromatic carbocycles. The van der Waals surface area contributed by atoms with Crippen molar-refractivity contribution in [2.45, 2.75) is 4.90 Å². The summed E-state index contributed by atoms with van der Waals surface area (Å²) in [4.78, 5) is 21.6. The van der Waals surface area contributed by atoms with Gasteiger partial charge in [-0.1, -0.05) is 6.07 Å². The summed E-state index contributed by atoms with van der Waals surface area (Å²) in [5, 5.41) is 9.54. The number of aromatic carboxylic acids is 1. The van der Waals surface area contributed by atoms with E-state index in [1.807, 2.05) is 0 Å². The van der Waals surface area contributed by atoms with Crippen LogP contribution in [0, 0.1) is 0 Å². The van der Waals surface area contributed by atoms with E-state index in [1.165, 1.54) is 30.3 Å². The highest BCUT2D eigenvalue weighted by Crippen LogP contribution is 2.33. The van der Waals surface area contributed by atoms with Gasteiger partial charge in [0.2, 0.25) is 0 Å². The Kier molecular flexibility index (Phi) is 3.60. The monoisotopic (exact) mass is 391 g/mol. The van der Waals surface area contributed by atoms with Gasteiger partial charge in [-0.15, -0.1) is 0 Å². The van der Waals surface area contributed by atoms with E-state index in [2.05, 4.69) is 4.72 Å². The van der Waals surface area contributed by atoms with E-state index in [0.29, 0.717) is 15.7 Å². The van der Waals surface area contributed by atoms with Gasteiger partial charge in [-0.3, -0.25) is 4.72 Å². The Morgan fingerprint density at radius 3 is 2.69 bits per heavy atom. The van der Waals surface area contributed by atoms with Crippen molar-refractivity contribution < 1.29 is 27.2 Å². The largest absolute Gasteiger partial charge is 0.478 e. The van der Waals surface area contributed by atoms with E-state index >= 15 is 0 Å². The highest BCUT2D eigenvalue weighted by Gasteiger charge is 2.18. The van der Waals surface area contributed by atoms with Gasteiger partial charge in [-0.2, -0.15) is 0 Å². The van der Waals surface area contributed by atoms with Crippen molar-refractivity contribution in [3.05, 3.63) is 57.8 Å². The summed E-state index contributed by atoms with van der Waals surface area (Å²) in [5.74, 6) is -1.14. The van der Waals surface area contributed by atoms with Crippen LogP contribution in [0.3, 0.4) is 0 Å². The molecule has 0 fully saturated rings. The van der Waals surface area contributed by atoms with Crippen LogP contribution in [0.15, 0.2) is 61.0 Å². The summed E-state index contributed by atoms with van der Waals surface area (Å²) < 4.78 is 38.2. The van der Waals surface area contributed by atoms with E-state index in [0.717, 1.165) is 17.4 Å². The Bertz CT molecular complexity index is 1330. The number of carboxylic acid groups (broad SMARTS) is 1. The van der Waals surface area contributed by atoms with Crippen LogP contribution in [-0.2, 0) is 10.0 Å². The van der Waals surface area contributed by atoms with Crippen molar-refractivity contribution >= 4 is 54.5 Å². The molecule has 10 heteroatoms. The number of furan rings is 1. The molecule has 4 rings (SSSR count). The molecule has 0 aliphatic carbocycles. The first-order valence-electron chi connectivity index (χ1n) is 7.16. The maximum atomic E-state index is 12.5. The standard InChI is InChI=1S/C16H9NO7S2/c18-14(19)8-2-1-3-10(6-8)26(21,22)17-9-4-5-12-11(7-9)13-15(23-12)24-16(20)25-13/h1-7,17H,(H,18,19). The second-order valence-electron chi connectivity index (χ2n) is 5.32. The maximum Gasteiger partial charge on any atom is 0.398 e. The molecule has 0 spiro atoms. The Morgan fingerprint density at radius 2 is 1.92 bits per heavy atom. The second kappa shape index (κ2) is 5.71. The normalized spacial score (nSPS) is 11.8. The Balaban J connectivity index is 1.75. The van der Waals surface area contributed by atoms with Gasteiger partial charge in [0.05, 0.1) is 10.5 Å². The molecule has 0 aliphatic rings. The van der Waals surface area contributed by atoms with Crippen molar-refractivity contribution in [2.24, 2.45) is 0 Å². The number of anilines is 1. The minimum absolute atomic E-state index is 0.0872. The second-order valence-corrected chi connectivity index (χ2v) is 7.95. The summed E-state index contributed by atoms with van der Waals surface area (Å²) >= 11 is 0.858. The zero-order valence-corrected chi connectivity index (χ0v) is 14.4. The SMILES string of the molecule is O=C(O)c1cccc(S(=O)(=O)Nc2ccc3oc4oc(=O)sc4c3c2)c1. The summed E-state index contributed by atoms with van der Waals surface area (Å²) in [6.45, 7) is 0. The predicted molar refractivity (Wildman–Crippen MR) is 94.3 cm³/mol. The van der Waals surface area contributed by atoms with Crippen molar-refractivity contribution in [3.63, 3.8) is 0 Å².